The van der Waals surface area contributed by atoms with Crippen molar-refractivity contribution in [1.29, 1.82) is 0 Å². The topological polar surface area (TPSA) is 84.1 Å². The van der Waals surface area contributed by atoms with Crippen LogP contribution in [-0.2, 0) is 11.4 Å². The van der Waals surface area contributed by atoms with E-state index in [0.717, 1.165) is 11.8 Å². The summed E-state index contributed by atoms with van der Waals surface area (Å²) in [6.45, 7) is 0.145. The number of carbonyl (C=O) groups excluding carboxylic acids is 1. The normalized spacial score (nSPS) is 10.5. The van der Waals surface area contributed by atoms with E-state index in [1.165, 1.54) is 6.07 Å². The fraction of sp³-hybridized carbons (Fsp3) is 0.105. The molecule has 0 saturated carbocycles. The summed E-state index contributed by atoms with van der Waals surface area (Å²) in [5.41, 5.74) is 0.571. The van der Waals surface area contributed by atoms with Crippen molar-refractivity contribution in [2.45, 2.75) is 11.8 Å². The molecule has 3 aromatic rings. The van der Waals surface area contributed by atoms with Gasteiger partial charge in [0.15, 0.2) is 5.16 Å². The minimum atomic E-state index is -0.317. The van der Waals surface area contributed by atoms with Crippen LogP contribution in [0.15, 0.2) is 64.5 Å². The molecule has 28 heavy (non-hydrogen) atoms. The second kappa shape index (κ2) is 9.64. The standard InChI is InChI=1S/C19H15Cl2N3O3S/c20-14-7-4-8-15(18(14)21)23-17(26)11-28-19-22-12(9-16(25)24-19)10-27-13-5-2-1-3-6-13/h1-9H,10-11H2,(H,23,26)(H,22,24,25). The number of thioether (sulfide) groups is 1. The van der Waals surface area contributed by atoms with Gasteiger partial charge in [-0.05, 0) is 24.3 Å². The van der Waals surface area contributed by atoms with Crippen molar-refractivity contribution in [2.75, 3.05) is 11.1 Å². The Hall–Kier alpha value is -2.48. The molecule has 2 aromatic carbocycles. The Kier molecular flexibility index (Phi) is 6.97. The Balaban J connectivity index is 1.59. The number of para-hydroxylation sites is 1. The van der Waals surface area contributed by atoms with Crippen LogP contribution in [0.4, 0.5) is 5.69 Å². The van der Waals surface area contributed by atoms with Gasteiger partial charge in [-0.1, -0.05) is 59.2 Å². The molecule has 0 fully saturated rings. The van der Waals surface area contributed by atoms with Crippen molar-refractivity contribution in [3.63, 3.8) is 0 Å². The molecule has 9 heteroatoms. The number of benzene rings is 2. The first-order valence-electron chi connectivity index (χ1n) is 8.16. The number of H-pyrrole nitrogens is 1. The van der Waals surface area contributed by atoms with Crippen LogP contribution in [0.3, 0.4) is 0 Å². The Morgan fingerprint density at radius 2 is 1.93 bits per heavy atom. The lowest BCUT2D eigenvalue weighted by Gasteiger charge is -2.08. The number of aromatic nitrogens is 2. The first-order chi connectivity index (χ1) is 13.5. The summed E-state index contributed by atoms with van der Waals surface area (Å²) in [5, 5.41) is 3.63. The second-order valence-electron chi connectivity index (χ2n) is 5.58. The molecule has 0 aliphatic rings. The zero-order valence-corrected chi connectivity index (χ0v) is 16.8. The van der Waals surface area contributed by atoms with E-state index in [-0.39, 0.29) is 28.8 Å². The lowest BCUT2D eigenvalue weighted by Crippen LogP contribution is -2.16. The van der Waals surface area contributed by atoms with Gasteiger partial charge in [-0.15, -0.1) is 0 Å². The van der Waals surface area contributed by atoms with Gasteiger partial charge >= 0.3 is 0 Å². The Morgan fingerprint density at radius 3 is 2.71 bits per heavy atom. The zero-order chi connectivity index (χ0) is 19.9. The number of hydrogen-bond acceptors (Lipinski definition) is 5. The fourth-order valence-corrected chi connectivity index (χ4v) is 3.26. The number of amides is 1. The van der Waals surface area contributed by atoms with Gasteiger partial charge in [-0.25, -0.2) is 4.98 Å². The minimum absolute atomic E-state index is 0.0365. The second-order valence-corrected chi connectivity index (χ2v) is 7.33. The maximum absolute atomic E-state index is 12.2. The van der Waals surface area contributed by atoms with Crippen LogP contribution in [-0.4, -0.2) is 21.6 Å². The molecule has 144 valence electrons. The van der Waals surface area contributed by atoms with Crippen molar-refractivity contribution in [2.24, 2.45) is 0 Å². The molecule has 0 aliphatic carbocycles. The van der Waals surface area contributed by atoms with Crippen molar-refractivity contribution in [3.05, 3.63) is 80.7 Å². The monoisotopic (exact) mass is 435 g/mol. The molecule has 0 spiro atoms. The van der Waals surface area contributed by atoms with E-state index >= 15 is 0 Å². The molecule has 2 N–H and O–H groups in total. The summed E-state index contributed by atoms with van der Waals surface area (Å²) < 4.78 is 5.60. The molecule has 1 heterocycles. The van der Waals surface area contributed by atoms with E-state index in [2.05, 4.69) is 15.3 Å². The SMILES string of the molecule is O=C(CSc1nc(COc2ccccc2)cc(=O)[nH]1)Nc1cccc(Cl)c1Cl. The van der Waals surface area contributed by atoms with Crippen LogP contribution in [0.5, 0.6) is 5.75 Å². The molecule has 0 bridgehead atoms. The average Bonchev–Trinajstić information content (AvgIpc) is 2.69. The van der Waals surface area contributed by atoms with Gasteiger partial charge in [0.2, 0.25) is 5.91 Å². The molecular formula is C19H15Cl2N3O3S. The van der Waals surface area contributed by atoms with Gasteiger partial charge in [0.25, 0.3) is 5.56 Å². The lowest BCUT2D eigenvalue weighted by molar-refractivity contribution is -0.113. The van der Waals surface area contributed by atoms with Crippen LogP contribution >= 0.6 is 35.0 Å². The number of ether oxygens (including phenoxy) is 1. The van der Waals surface area contributed by atoms with Gasteiger partial charge in [-0.3, -0.25) is 9.59 Å². The number of hydrogen-bond donors (Lipinski definition) is 2. The van der Waals surface area contributed by atoms with Crippen LogP contribution in [0.25, 0.3) is 0 Å². The third kappa shape index (κ3) is 5.76. The molecule has 0 aliphatic heterocycles. The molecular weight excluding hydrogens is 421 g/mol. The molecule has 0 unspecified atom stereocenters. The zero-order valence-electron chi connectivity index (χ0n) is 14.4. The maximum atomic E-state index is 12.2. The van der Waals surface area contributed by atoms with E-state index in [9.17, 15) is 9.59 Å². The van der Waals surface area contributed by atoms with Gasteiger partial charge in [0, 0.05) is 6.07 Å². The predicted octanol–water partition coefficient (Wildman–Crippen LogP) is 4.39. The van der Waals surface area contributed by atoms with E-state index < -0.39 is 0 Å². The smallest absolute Gasteiger partial charge is 0.251 e. The highest BCUT2D eigenvalue weighted by Gasteiger charge is 2.10. The first-order valence-corrected chi connectivity index (χ1v) is 9.90. The van der Waals surface area contributed by atoms with Crippen molar-refractivity contribution < 1.29 is 9.53 Å². The predicted molar refractivity (Wildman–Crippen MR) is 111 cm³/mol. The van der Waals surface area contributed by atoms with E-state index in [4.69, 9.17) is 27.9 Å². The highest BCUT2D eigenvalue weighted by molar-refractivity contribution is 7.99. The van der Waals surface area contributed by atoms with E-state index in [0.29, 0.717) is 27.3 Å². The maximum Gasteiger partial charge on any atom is 0.251 e. The van der Waals surface area contributed by atoms with Gasteiger partial charge in [0.1, 0.15) is 12.4 Å². The first kappa shape index (κ1) is 20.3. The van der Waals surface area contributed by atoms with Crippen molar-refractivity contribution in [3.8, 4) is 5.75 Å². The number of carbonyl (C=O) groups is 1. The molecule has 0 saturated heterocycles. The number of nitrogens with one attached hydrogen (secondary N) is 2. The van der Waals surface area contributed by atoms with Crippen LogP contribution in [0, 0.1) is 0 Å². The molecule has 0 radical (unpaired) electrons. The number of rotatable bonds is 7. The summed E-state index contributed by atoms with van der Waals surface area (Å²) in [5.74, 6) is 0.411. The largest absolute Gasteiger partial charge is 0.487 e. The summed E-state index contributed by atoms with van der Waals surface area (Å²) in [7, 11) is 0. The highest BCUT2D eigenvalue weighted by atomic mass is 35.5. The van der Waals surface area contributed by atoms with Crippen LogP contribution in [0.2, 0.25) is 10.0 Å². The molecule has 3 rings (SSSR count). The number of nitrogens with zero attached hydrogens (tertiary/aromatic N) is 1. The minimum Gasteiger partial charge on any atom is -0.487 e. The Morgan fingerprint density at radius 1 is 1.14 bits per heavy atom. The Bertz CT molecular complexity index is 1030. The molecule has 0 atom stereocenters. The fourth-order valence-electron chi connectivity index (χ4n) is 2.22. The quantitative estimate of drug-likeness (QED) is 0.424. The third-order valence-corrected chi connectivity index (χ3v) is 5.16. The van der Waals surface area contributed by atoms with Gasteiger partial charge in [-0.2, -0.15) is 0 Å². The van der Waals surface area contributed by atoms with Crippen molar-refractivity contribution >= 4 is 46.6 Å². The van der Waals surface area contributed by atoms with Gasteiger partial charge < -0.3 is 15.0 Å². The number of halogens is 2. The molecule has 1 aromatic heterocycles. The number of aromatic amines is 1. The van der Waals surface area contributed by atoms with E-state index in [1.807, 2.05) is 30.3 Å². The van der Waals surface area contributed by atoms with Crippen molar-refractivity contribution in [1.82, 2.24) is 9.97 Å². The number of anilines is 1. The van der Waals surface area contributed by atoms with Crippen LogP contribution < -0.4 is 15.6 Å². The Labute approximate surface area is 175 Å². The summed E-state index contributed by atoms with van der Waals surface area (Å²) in [6, 6.07) is 15.5. The highest BCUT2D eigenvalue weighted by Crippen LogP contribution is 2.29. The lowest BCUT2D eigenvalue weighted by atomic mass is 10.3. The van der Waals surface area contributed by atoms with E-state index in [1.54, 1.807) is 18.2 Å². The van der Waals surface area contributed by atoms with Crippen LogP contribution in [0.1, 0.15) is 5.69 Å². The molecule has 6 nitrogen and oxygen atoms in total. The summed E-state index contributed by atoms with van der Waals surface area (Å²) >= 11 is 13.1. The third-order valence-electron chi connectivity index (χ3n) is 3.47. The summed E-state index contributed by atoms with van der Waals surface area (Å²) in [4.78, 5) is 30.9. The summed E-state index contributed by atoms with van der Waals surface area (Å²) in [6.07, 6.45) is 0. The molecule has 1 amide bonds. The van der Waals surface area contributed by atoms with Gasteiger partial charge in [0.05, 0.1) is 27.2 Å². The average molecular weight is 436 g/mol.